The minimum Gasteiger partial charge on any atom is -0.459 e. The number of rotatable bonds is 10. The van der Waals surface area contributed by atoms with Gasteiger partial charge in [0.2, 0.25) is 0 Å². The number of nitrogens with two attached hydrogens (primary N) is 1. The van der Waals surface area contributed by atoms with Crippen LogP contribution in [0.1, 0.15) is 94.4 Å². The third kappa shape index (κ3) is 11.1. The molecule has 3 aliphatic heterocycles. The van der Waals surface area contributed by atoms with Crippen molar-refractivity contribution in [2.45, 2.75) is 173 Å². The average molecular weight is 748 g/mol. The van der Waals surface area contributed by atoms with Crippen molar-refractivity contribution in [2.75, 3.05) is 47.4 Å². The maximum atomic E-state index is 14.2. The van der Waals surface area contributed by atoms with E-state index in [-0.39, 0.29) is 37.5 Å². The van der Waals surface area contributed by atoms with Gasteiger partial charge in [-0.2, -0.15) is 0 Å². The van der Waals surface area contributed by atoms with Gasteiger partial charge in [-0.25, -0.2) is 0 Å². The molecule has 0 aromatic rings. The van der Waals surface area contributed by atoms with Crippen molar-refractivity contribution >= 4 is 5.97 Å². The molecular formula is C38H73N3O11. The topological polar surface area (TPSA) is 186 Å². The minimum atomic E-state index is -1.52. The van der Waals surface area contributed by atoms with Crippen molar-refractivity contribution in [2.24, 2.45) is 23.5 Å². The fourth-order valence-corrected chi connectivity index (χ4v) is 8.74. The van der Waals surface area contributed by atoms with Crippen LogP contribution in [0.5, 0.6) is 0 Å². The van der Waals surface area contributed by atoms with Gasteiger partial charge in [0.25, 0.3) is 0 Å². The van der Waals surface area contributed by atoms with E-state index in [0.29, 0.717) is 38.9 Å². The SMILES string of the molecule is CC[C@H]1OC(=O)[C@H](C)[C@@H](O[C@H]2C[C@@](C)(OC)[C@@H](O)[C@H](C)O2)[C@H](C)[C@@H](O[C@@H]2O[C@H](C)C[C@H](N(C)C)[C@H]2O)[C@](C)(O)C[C@@H](C)CN(CCCN)C[C@]1(C)O. The molecule has 14 heteroatoms. The van der Waals surface area contributed by atoms with Gasteiger partial charge in [-0.3, -0.25) is 4.79 Å². The number of cyclic esters (lactones) is 1. The van der Waals surface area contributed by atoms with Crippen LogP contribution in [-0.4, -0.2) is 162 Å². The van der Waals surface area contributed by atoms with Crippen molar-refractivity contribution in [1.82, 2.24) is 9.80 Å². The number of nitrogens with zero attached hydrogens (tertiary/aromatic N) is 2. The summed E-state index contributed by atoms with van der Waals surface area (Å²) in [5.41, 5.74) is 1.99. The maximum Gasteiger partial charge on any atom is 0.311 e. The normalized spacial score (nSPS) is 46.5. The molecule has 3 fully saturated rings. The molecule has 3 aliphatic rings. The van der Waals surface area contributed by atoms with E-state index in [2.05, 4.69) is 4.90 Å². The third-order valence-electron chi connectivity index (χ3n) is 11.7. The number of carbonyl (C=O) groups excluding carboxylic acids is 1. The maximum absolute atomic E-state index is 14.2. The molecule has 0 aliphatic carbocycles. The van der Waals surface area contributed by atoms with Gasteiger partial charge in [0.1, 0.15) is 23.9 Å². The van der Waals surface area contributed by atoms with Gasteiger partial charge in [-0.05, 0) is 100 Å². The zero-order valence-electron chi connectivity index (χ0n) is 34.0. The summed E-state index contributed by atoms with van der Waals surface area (Å²) in [5, 5.41) is 46.8. The highest BCUT2D eigenvalue weighted by Gasteiger charge is 2.52. The second-order valence-corrected chi connectivity index (χ2v) is 17.0. The molecule has 0 bridgehead atoms. The summed E-state index contributed by atoms with van der Waals surface area (Å²) in [4.78, 5) is 18.3. The van der Waals surface area contributed by atoms with Crippen LogP contribution in [0.15, 0.2) is 0 Å². The lowest BCUT2D eigenvalue weighted by Crippen LogP contribution is -2.61. The Morgan fingerprint density at radius 3 is 2.23 bits per heavy atom. The first-order valence-electron chi connectivity index (χ1n) is 19.4. The number of hydrogen-bond donors (Lipinski definition) is 5. The highest BCUT2D eigenvalue weighted by molar-refractivity contribution is 5.73. The summed E-state index contributed by atoms with van der Waals surface area (Å²) < 4.78 is 37.7. The van der Waals surface area contributed by atoms with E-state index >= 15 is 0 Å². The summed E-state index contributed by atoms with van der Waals surface area (Å²) in [5.74, 6) is -2.30. The molecule has 16 atom stereocenters. The van der Waals surface area contributed by atoms with Crippen molar-refractivity contribution in [3.63, 3.8) is 0 Å². The Morgan fingerprint density at radius 1 is 1.00 bits per heavy atom. The molecule has 52 heavy (non-hydrogen) atoms. The largest absolute Gasteiger partial charge is 0.459 e. The lowest BCUT2D eigenvalue weighted by molar-refractivity contribution is -0.318. The van der Waals surface area contributed by atoms with Crippen LogP contribution < -0.4 is 5.73 Å². The number of hydrogen-bond acceptors (Lipinski definition) is 14. The average Bonchev–Trinajstić information content (AvgIpc) is 3.05. The van der Waals surface area contributed by atoms with Crippen LogP contribution in [0.4, 0.5) is 0 Å². The zero-order valence-corrected chi connectivity index (χ0v) is 34.0. The molecule has 306 valence electrons. The van der Waals surface area contributed by atoms with Gasteiger partial charge >= 0.3 is 5.97 Å². The van der Waals surface area contributed by atoms with E-state index in [1.807, 2.05) is 46.7 Å². The van der Waals surface area contributed by atoms with Crippen LogP contribution in [0, 0.1) is 17.8 Å². The second kappa shape index (κ2) is 18.8. The minimum absolute atomic E-state index is 0.0821. The number of ether oxygens (including phenoxy) is 6. The first-order valence-corrected chi connectivity index (χ1v) is 19.4. The summed E-state index contributed by atoms with van der Waals surface area (Å²) in [6.07, 6.45) is -5.45. The summed E-state index contributed by atoms with van der Waals surface area (Å²) in [7, 11) is 5.32. The van der Waals surface area contributed by atoms with Crippen LogP contribution in [0.2, 0.25) is 0 Å². The third-order valence-corrected chi connectivity index (χ3v) is 11.7. The van der Waals surface area contributed by atoms with E-state index < -0.39 is 83.8 Å². The number of likely N-dealkylation sites (N-methyl/N-ethyl adjacent to an activating group) is 1. The van der Waals surface area contributed by atoms with Gasteiger partial charge in [-0.15, -0.1) is 0 Å². The molecule has 0 unspecified atom stereocenters. The van der Waals surface area contributed by atoms with Crippen LogP contribution in [0.25, 0.3) is 0 Å². The Balaban J connectivity index is 2.14. The van der Waals surface area contributed by atoms with E-state index in [0.717, 1.165) is 0 Å². The summed E-state index contributed by atoms with van der Waals surface area (Å²) >= 11 is 0. The molecular weight excluding hydrogens is 674 g/mol. The van der Waals surface area contributed by atoms with Crippen molar-refractivity contribution < 1.29 is 53.6 Å². The number of carbonyl (C=O) groups is 1. The molecule has 0 aromatic carbocycles. The molecule has 3 heterocycles. The number of methoxy groups -OCH3 is 1. The van der Waals surface area contributed by atoms with E-state index in [1.165, 1.54) is 7.11 Å². The highest BCUT2D eigenvalue weighted by Crippen LogP contribution is 2.40. The van der Waals surface area contributed by atoms with Crippen molar-refractivity contribution in [3.8, 4) is 0 Å². The molecule has 0 amide bonds. The predicted molar refractivity (Wildman–Crippen MR) is 196 cm³/mol. The zero-order chi connectivity index (χ0) is 39.3. The number of esters is 1. The van der Waals surface area contributed by atoms with Crippen LogP contribution >= 0.6 is 0 Å². The van der Waals surface area contributed by atoms with E-state index in [1.54, 1.807) is 34.6 Å². The second-order valence-electron chi connectivity index (χ2n) is 17.0. The fourth-order valence-electron chi connectivity index (χ4n) is 8.74. The van der Waals surface area contributed by atoms with Crippen LogP contribution in [0.3, 0.4) is 0 Å². The molecule has 0 aromatic heterocycles. The Morgan fingerprint density at radius 2 is 1.65 bits per heavy atom. The Hall–Kier alpha value is -1.01. The summed E-state index contributed by atoms with van der Waals surface area (Å²) in [6.45, 7) is 18.2. The Bertz CT molecular complexity index is 1110. The van der Waals surface area contributed by atoms with E-state index in [4.69, 9.17) is 34.2 Å². The molecule has 3 rings (SSSR count). The fraction of sp³-hybridized carbons (Fsp3) is 0.974. The number of β-amino-alcohol motifs (C(OH)–C–C–N with tert-alkyl or cyclic N) is 1. The molecule has 0 spiro atoms. The van der Waals surface area contributed by atoms with E-state index in [9.17, 15) is 25.2 Å². The Labute approximate surface area is 312 Å². The molecule has 3 saturated heterocycles. The first-order chi connectivity index (χ1) is 24.1. The molecule has 14 nitrogen and oxygen atoms in total. The lowest BCUT2D eigenvalue weighted by atomic mass is 9.77. The van der Waals surface area contributed by atoms with Gasteiger partial charge < -0.3 is 64.4 Å². The monoisotopic (exact) mass is 748 g/mol. The molecule has 6 N–H and O–H groups in total. The van der Waals surface area contributed by atoms with Crippen molar-refractivity contribution in [3.05, 3.63) is 0 Å². The molecule has 0 radical (unpaired) electrons. The quantitative estimate of drug-likeness (QED) is 0.204. The standard InChI is InChI=1S/C38H73N3O11/c1-13-28-37(8,46)21-41(16-14-15-39)20-22(2)18-36(7,45)33(52-35-30(42)27(40(10)11)17-23(3)48-35)24(4)31(25(5)34(44)50-28)51-29-19-38(9,47-12)32(43)26(6)49-29/h22-33,35,42-43,45-46H,13-21,39H2,1-12H3/t22-,23-,24+,25-,26+,27+,28-,29+,30-,31+,32+,33-,35+,36-,37+,38-/m1/s1. The van der Waals surface area contributed by atoms with Crippen molar-refractivity contribution in [1.29, 1.82) is 0 Å². The smallest absolute Gasteiger partial charge is 0.311 e. The Kier molecular flexibility index (Phi) is 16.4. The first kappa shape index (κ1) is 45.4. The predicted octanol–water partition coefficient (Wildman–Crippen LogP) is 1.87. The summed E-state index contributed by atoms with van der Waals surface area (Å²) in [6, 6.07) is -0.252. The molecule has 0 saturated carbocycles. The number of aliphatic hydroxyl groups is 4. The lowest BCUT2D eigenvalue weighted by Gasteiger charge is -2.49. The van der Waals surface area contributed by atoms with Gasteiger partial charge in [0, 0.05) is 38.6 Å². The number of aliphatic hydroxyl groups excluding tert-OH is 2. The van der Waals surface area contributed by atoms with Gasteiger partial charge in [0.15, 0.2) is 12.6 Å². The van der Waals surface area contributed by atoms with Crippen LogP contribution in [-0.2, 0) is 33.2 Å². The van der Waals surface area contributed by atoms with Gasteiger partial charge in [0.05, 0.1) is 41.5 Å². The van der Waals surface area contributed by atoms with Gasteiger partial charge in [-0.1, -0.05) is 20.8 Å². The highest BCUT2D eigenvalue weighted by atomic mass is 16.7.